The summed E-state index contributed by atoms with van der Waals surface area (Å²) in [5.74, 6) is 0.875. The van der Waals surface area contributed by atoms with Crippen molar-refractivity contribution in [3.8, 4) is 0 Å². The van der Waals surface area contributed by atoms with Crippen molar-refractivity contribution >= 4 is 5.90 Å². The molecule has 0 saturated carbocycles. The molecule has 0 bridgehead atoms. The molecule has 0 spiro atoms. The lowest BCUT2D eigenvalue weighted by Gasteiger charge is -2.09. The molecule has 0 radical (unpaired) electrons. The van der Waals surface area contributed by atoms with E-state index in [1.165, 1.54) is 0 Å². The van der Waals surface area contributed by atoms with Gasteiger partial charge in [0.25, 0.3) is 0 Å². The van der Waals surface area contributed by atoms with Crippen LogP contribution in [0.2, 0.25) is 0 Å². The van der Waals surface area contributed by atoms with Crippen molar-refractivity contribution in [3.05, 3.63) is 24.3 Å². The van der Waals surface area contributed by atoms with Crippen LogP contribution in [0.1, 0.15) is 6.92 Å². The molecule has 0 saturated heterocycles. The van der Waals surface area contributed by atoms with Crippen LogP contribution in [0, 0.1) is 5.92 Å². The number of nitrogens with zero attached hydrogens (tertiary/aromatic N) is 1. The average molecular weight is 182 g/mol. The zero-order valence-corrected chi connectivity index (χ0v) is 8.58. The van der Waals surface area contributed by atoms with Crippen molar-refractivity contribution in [3.63, 3.8) is 0 Å². The molecule has 0 heterocycles. The molecule has 0 aromatic carbocycles. The first-order valence-corrected chi connectivity index (χ1v) is 4.24. The summed E-state index contributed by atoms with van der Waals surface area (Å²) in [6.07, 6.45) is 3.63. The van der Waals surface area contributed by atoms with Crippen LogP contribution in [-0.2, 0) is 4.74 Å². The molecule has 1 unspecified atom stereocenters. The van der Waals surface area contributed by atoms with E-state index in [0.29, 0.717) is 12.4 Å². The quantitative estimate of drug-likeness (QED) is 0.405. The number of allylic oxidation sites excluding steroid dienone is 1. The van der Waals surface area contributed by atoms with Crippen molar-refractivity contribution in [1.82, 2.24) is 0 Å². The van der Waals surface area contributed by atoms with E-state index in [1.54, 1.807) is 20.2 Å². The monoisotopic (exact) mass is 182 g/mol. The Morgan fingerprint density at radius 1 is 1.69 bits per heavy atom. The maximum atomic E-state index is 5.54. The molecule has 1 atom stereocenters. The second kappa shape index (κ2) is 6.43. The lowest BCUT2D eigenvalue weighted by atomic mass is 10.0. The number of hydrogen-bond donors (Lipinski definition) is 1. The molecule has 0 aliphatic carbocycles. The standard InChI is InChI=1S/C10H18N2O/c1-5-9(8(2)7-11)6-10(12-3)13-4/h5-6,8H,1,7,11H2,2-4H3/b9-6+,12-10?. The summed E-state index contributed by atoms with van der Waals surface area (Å²) in [6, 6.07) is 0. The predicted octanol–water partition coefficient (Wildman–Crippen LogP) is 1.37. The Morgan fingerprint density at radius 2 is 2.31 bits per heavy atom. The van der Waals surface area contributed by atoms with Crippen molar-refractivity contribution in [2.75, 3.05) is 20.7 Å². The normalized spacial score (nSPS) is 15.4. The molecule has 0 fully saturated rings. The number of ether oxygens (including phenoxy) is 1. The highest BCUT2D eigenvalue weighted by atomic mass is 16.5. The van der Waals surface area contributed by atoms with Gasteiger partial charge in [-0.15, -0.1) is 0 Å². The minimum absolute atomic E-state index is 0.282. The smallest absolute Gasteiger partial charge is 0.208 e. The topological polar surface area (TPSA) is 47.6 Å². The summed E-state index contributed by atoms with van der Waals surface area (Å²) in [7, 11) is 3.27. The molecule has 0 aliphatic rings. The van der Waals surface area contributed by atoms with Crippen LogP contribution >= 0.6 is 0 Å². The van der Waals surface area contributed by atoms with Gasteiger partial charge in [-0.2, -0.15) is 0 Å². The van der Waals surface area contributed by atoms with Gasteiger partial charge < -0.3 is 10.5 Å². The second-order valence-electron chi connectivity index (χ2n) is 2.75. The van der Waals surface area contributed by atoms with Crippen LogP contribution in [0.25, 0.3) is 0 Å². The first-order chi connectivity index (χ1) is 6.19. The van der Waals surface area contributed by atoms with Crippen LogP contribution in [0.3, 0.4) is 0 Å². The summed E-state index contributed by atoms with van der Waals surface area (Å²) >= 11 is 0. The number of nitrogens with two attached hydrogens (primary N) is 1. The summed E-state index contributed by atoms with van der Waals surface area (Å²) in [4.78, 5) is 3.94. The van der Waals surface area contributed by atoms with Gasteiger partial charge in [0.2, 0.25) is 5.90 Å². The van der Waals surface area contributed by atoms with Gasteiger partial charge in [-0.1, -0.05) is 19.6 Å². The largest absolute Gasteiger partial charge is 0.481 e. The number of methoxy groups -OCH3 is 1. The molecule has 3 heteroatoms. The van der Waals surface area contributed by atoms with E-state index < -0.39 is 0 Å². The van der Waals surface area contributed by atoms with Crippen molar-refractivity contribution in [2.45, 2.75) is 6.92 Å². The third-order valence-electron chi connectivity index (χ3n) is 1.88. The lowest BCUT2D eigenvalue weighted by molar-refractivity contribution is 0.405. The average Bonchev–Trinajstić information content (AvgIpc) is 2.19. The van der Waals surface area contributed by atoms with E-state index in [-0.39, 0.29) is 5.92 Å². The van der Waals surface area contributed by atoms with Gasteiger partial charge >= 0.3 is 0 Å². The zero-order chi connectivity index (χ0) is 10.3. The molecule has 0 amide bonds. The molecule has 13 heavy (non-hydrogen) atoms. The molecule has 0 aromatic rings. The summed E-state index contributed by atoms with van der Waals surface area (Å²) in [5.41, 5.74) is 6.58. The van der Waals surface area contributed by atoms with Gasteiger partial charge in [0.05, 0.1) is 7.11 Å². The molecular formula is C10H18N2O. The fourth-order valence-electron chi connectivity index (χ4n) is 0.896. The van der Waals surface area contributed by atoms with E-state index >= 15 is 0 Å². The zero-order valence-electron chi connectivity index (χ0n) is 8.58. The number of hydrogen-bond acceptors (Lipinski definition) is 3. The molecule has 0 rings (SSSR count). The second-order valence-corrected chi connectivity index (χ2v) is 2.75. The highest BCUT2D eigenvalue weighted by Gasteiger charge is 2.04. The maximum Gasteiger partial charge on any atom is 0.208 e. The number of rotatable bonds is 4. The number of aliphatic imine (C=N–C) groups is 1. The van der Waals surface area contributed by atoms with Gasteiger partial charge in [-0.05, 0) is 18.0 Å². The summed E-state index contributed by atoms with van der Waals surface area (Å²) < 4.78 is 5.01. The molecule has 0 aromatic heterocycles. The Kier molecular flexibility index (Phi) is 5.89. The van der Waals surface area contributed by atoms with Gasteiger partial charge in [0, 0.05) is 13.1 Å². The minimum atomic E-state index is 0.282. The first kappa shape index (κ1) is 11.9. The molecule has 3 nitrogen and oxygen atoms in total. The van der Waals surface area contributed by atoms with Crippen molar-refractivity contribution < 1.29 is 4.74 Å². The van der Waals surface area contributed by atoms with Gasteiger partial charge in [0.15, 0.2) is 0 Å². The van der Waals surface area contributed by atoms with Crippen LogP contribution in [0.4, 0.5) is 0 Å². The van der Waals surface area contributed by atoms with Crippen LogP contribution in [0.15, 0.2) is 29.3 Å². The minimum Gasteiger partial charge on any atom is -0.481 e. The van der Waals surface area contributed by atoms with E-state index in [4.69, 9.17) is 10.5 Å². The van der Waals surface area contributed by atoms with E-state index in [2.05, 4.69) is 11.6 Å². The highest BCUT2D eigenvalue weighted by Crippen LogP contribution is 2.10. The lowest BCUT2D eigenvalue weighted by Crippen LogP contribution is -2.13. The molecule has 0 aliphatic heterocycles. The van der Waals surface area contributed by atoms with E-state index in [0.717, 1.165) is 5.57 Å². The van der Waals surface area contributed by atoms with E-state index in [1.807, 2.05) is 13.0 Å². The van der Waals surface area contributed by atoms with Crippen LogP contribution in [-0.4, -0.2) is 26.6 Å². The third kappa shape index (κ3) is 3.90. The van der Waals surface area contributed by atoms with Crippen molar-refractivity contribution in [1.29, 1.82) is 0 Å². The fourth-order valence-corrected chi connectivity index (χ4v) is 0.896. The fraction of sp³-hybridized carbons (Fsp3) is 0.500. The van der Waals surface area contributed by atoms with E-state index in [9.17, 15) is 0 Å². The Hall–Kier alpha value is -1.09. The van der Waals surface area contributed by atoms with Crippen molar-refractivity contribution in [2.24, 2.45) is 16.6 Å². The van der Waals surface area contributed by atoms with Gasteiger partial charge in [-0.25, -0.2) is 0 Å². The van der Waals surface area contributed by atoms with Gasteiger partial charge in [0.1, 0.15) is 0 Å². The van der Waals surface area contributed by atoms with Gasteiger partial charge in [-0.3, -0.25) is 4.99 Å². The molecule has 2 N–H and O–H groups in total. The Morgan fingerprint density at radius 3 is 2.62 bits per heavy atom. The SMILES string of the molecule is C=C/C(=C\C(=NC)OC)C(C)CN. The van der Waals surface area contributed by atoms with Crippen LogP contribution in [0.5, 0.6) is 0 Å². The maximum absolute atomic E-state index is 5.54. The summed E-state index contributed by atoms with van der Waals surface area (Å²) in [6.45, 7) is 6.35. The summed E-state index contributed by atoms with van der Waals surface area (Å²) in [5, 5.41) is 0. The highest BCUT2D eigenvalue weighted by molar-refractivity contribution is 5.88. The Bertz CT molecular complexity index is 219. The molecular weight excluding hydrogens is 164 g/mol. The Labute approximate surface area is 80.0 Å². The predicted molar refractivity (Wildman–Crippen MR) is 56.9 cm³/mol. The third-order valence-corrected chi connectivity index (χ3v) is 1.88. The first-order valence-electron chi connectivity index (χ1n) is 4.24. The Balaban J connectivity index is 4.64. The van der Waals surface area contributed by atoms with Crippen LogP contribution < -0.4 is 5.73 Å². The molecule has 74 valence electrons.